The molecular weight excluding hydrogens is 408 g/mol. The summed E-state index contributed by atoms with van der Waals surface area (Å²) in [7, 11) is 2.16. The van der Waals surface area contributed by atoms with E-state index in [1.807, 2.05) is 0 Å². The number of piperidine rings is 2. The molecule has 1 atom stereocenters. The third-order valence-corrected chi connectivity index (χ3v) is 8.10. The number of amides is 1. The van der Waals surface area contributed by atoms with Crippen LogP contribution in [0.15, 0.2) is 66.7 Å². The Labute approximate surface area is 196 Å². The number of carbonyl (C=O) groups excluding carboxylic acids is 1. The van der Waals surface area contributed by atoms with Gasteiger partial charge in [0.1, 0.15) is 0 Å². The lowest BCUT2D eigenvalue weighted by Gasteiger charge is -2.48. The summed E-state index contributed by atoms with van der Waals surface area (Å²) in [6.07, 6.45) is 4.19. The van der Waals surface area contributed by atoms with Gasteiger partial charge in [0.25, 0.3) is 0 Å². The minimum Gasteiger partial charge on any atom is -0.351 e. The number of benzene rings is 3. The van der Waals surface area contributed by atoms with Gasteiger partial charge in [0.2, 0.25) is 5.91 Å². The highest BCUT2D eigenvalue weighted by molar-refractivity contribution is 5.87. The molecule has 0 radical (unpaired) electrons. The Bertz CT molecular complexity index is 1180. The lowest BCUT2D eigenvalue weighted by molar-refractivity contribution is -0.151. The highest BCUT2D eigenvalue weighted by atomic mass is 16.2. The van der Waals surface area contributed by atoms with Crippen LogP contribution in [0.25, 0.3) is 10.8 Å². The molecule has 5 heteroatoms. The first-order chi connectivity index (χ1) is 16.1. The summed E-state index contributed by atoms with van der Waals surface area (Å²) in [6, 6.07) is 23.4. The van der Waals surface area contributed by atoms with Crippen molar-refractivity contribution >= 4 is 28.1 Å². The molecule has 0 bridgehead atoms. The SMILES string of the molecule is CN1c2ccccc2NC1N1CCC2(CCCN(Cc3cccc4ccccc34)C2=O)CC1. The Morgan fingerprint density at radius 2 is 1.67 bits per heavy atom. The molecule has 3 heterocycles. The molecular formula is C28H32N4O. The molecule has 1 unspecified atom stereocenters. The smallest absolute Gasteiger partial charge is 0.229 e. The zero-order chi connectivity index (χ0) is 22.4. The maximum Gasteiger partial charge on any atom is 0.229 e. The number of hydrogen-bond donors (Lipinski definition) is 1. The molecule has 2 saturated heterocycles. The van der Waals surface area contributed by atoms with Crippen molar-refractivity contribution in [3.05, 3.63) is 72.3 Å². The number of para-hydroxylation sites is 2. The van der Waals surface area contributed by atoms with Gasteiger partial charge in [0, 0.05) is 33.2 Å². The lowest BCUT2D eigenvalue weighted by Crippen LogP contribution is -2.57. The monoisotopic (exact) mass is 440 g/mol. The first-order valence-electron chi connectivity index (χ1n) is 12.2. The van der Waals surface area contributed by atoms with Gasteiger partial charge >= 0.3 is 0 Å². The molecule has 0 aromatic heterocycles. The highest BCUT2D eigenvalue weighted by Gasteiger charge is 2.47. The largest absolute Gasteiger partial charge is 0.351 e. The van der Waals surface area contributed by atoms with Crippen molar-refractivity contribution < 1.29 is 4.79 Å². The molecule has 1 amide bonds. The van der Waals surface area contributed by atoms with Crippen LogP contribution < -0.4 is 10.2 Å². The van der Waals surface area contributed by atoms with Crippen LogP contribution in [0.4, 0.5) is 11.4 Å². The normalized spacial score (nSPS) is 22.6. The van der Waals surface area contributed by atoms with Gasteiger partial charge in [0.05, 0.1) is 16.8 Å². The molecule has 3 aromatic carbocycles. The minimum atomic E-state index is -0.191. The maximum atomic E-state index is 13.8. The molecule has 5 nitrogen and oxygen atoms in total. The molecule has 6 rings (SSSR count). The second kappa shape index (κ2) is 8.07. The maximum absolute atomic E-state index is 13.8. The Kier molecular flexibility index (Phi) is 5.02. The molecule has 1 N–H and O–H groups in total. The summed E-state index contributed by atoms with van der Waals surface area (Å²) in [5.74, 6) is 0.373. The van der Waals surface area contributed by atoms with E-state index in [-0.39, 0.29) is 11.7 Å². The van der Waals surface area contributed by atoms with Gasteiger partial charge in [-0.2, -0.15) is 0 Å². The fraction of sp³-hybridized carbons (Fsp3) is 0.393. The zero-order valence-electron chi connectivity index (χ0n) is 19.3. The third-order valence-electron chi connectivity index (χ3n) is 8.10. The van der Waals surface area contributed by atoms with Crippen molar-refractivity contribution in [3.63, 3.8) is 0 Å². The average molecular weight is 441 g/mol. The number of fused-ring (bicyclic) bond motifs is 2. The summed E-state index contributed by atoms with van der Waals surface area (Å²) < 4.78 is 0. The number of hydrogen-bond acceptors (Lipinski definition) is 4. The molecule has 1 spiro atoms. The van der Waals surface area contributed by atoms with E-state index in [0.29, 0.717) is 12.5 Å². The molecule has 33 heavy (non-hydrogen) atoms. The van der Waals surface area contributed by atoms with Crippen LogP contribution >= 0.6 is 0 Å². The number of likely N-dealkylation sites (tertiary alicyclic amines) is 2. The second-order valence-corrected chi connectivity index (χ2v) is 9.93. The molecule has 3 aliphatic rings. The molecule has 170 valence electrons. The van der Waals surface area contributed by atoms with Gasteiger partial charge in [-0.3, -0.25) is 9.69 Å². The second-order valence-electron chi connectivity index (χ2n) is 9.93. The van der Waals surface area contributed by atoms with Crippen molar-refractivity contribution in [2.75, 3.05) is 36.9 Å². The standard InChI is InChI=1S/C28H32N4O/c1-30-25-13-5-4-12-24(25)29-27(30)31-18-15-28(16-19-31)14-7-17-32(26(28)33)20-22-10-6-9-21-8-2-3-11-23(21)22/h2-6,8-13,27,29H,7,14-20H2,1H3. The first-order valence-corrected chi connectivity index (χ1v) is 12.2. The van der Waals surface area contributed by atoms with E-state index in [0.717, 1.165) is 45.3 Å². The summed E-state index contributed by atoms with van der Waals surface area (Å²) in [5, 5.41) is 6.18. The number of nitrogens with one attached hydrogen (secondary N) is 1. The predicted molar refractivity (Wildman–Crippen MR) is 134 cm³/mol. The average Bonchev–Trinajstić information content (AvgIpc) is 3.19. The molecule has 0 aliphatic carbocycles. The fourth-order valence-electron chi connectivity index (χ4n) is 6.21. The van der Waals surface area contributed by atoms with Crippen molar-refractivity contribution in [2.24, 2.45) is 5.41 Å². The Morgan fingerprint density at radius 3 is 2.52 bits per heavy atom. The molecule has 3 aliphatic heterocycles. The quantitative estimate of drug-likeness (QED) is 0.629. The van der Waals surface area contributed by atoms with E-state index in [4.69, 9.17) is 0 Å². The van der Waals surface area contributed by atoms with Gasteiger partial charge in [-0.15, -0.1) is 0 Å². The van der Waals surface area contributed by atoms with E-state index < -0.39 is 0 Å². The molecule has 0 saturated carbocycles. The van der Waals surface area contributed by atoms with Crippen molar-refractivity contribution in [2.45, 2.75) is 38.5 Å². The van der Waals surface area contributed by atoms with Crippen LogP contribution in [0, 0.1) is 5.41 Å². The van der Waals surface area contributed by atoms with E-state index >= 15 is 0 Å². The predicted octanol–water partition coefficient (Wildman–Crippen LogP) is 4.89. The number of rotatable bonds is 3. The number of nitrogens with zero attached hydrogens (tertiary/aromatic N) is 3. The van der Waals surface area contributed by atoms with E-state index in [9.17, 15) is 4.79 Å². The Morgan fingerprint density at radius 1 is 0.909 bits per heavy atom. The number of carbonyl (C=O) groups is 1. The van der Waals surface area contributed by atoms with Crippen LogP contribution in [0.2, 0.25) is 0 Å². The van der Waals surface area contributed by atoms with E-state index in [2.05, 4.69) is 93.8 Å². The summed E-state index contributed by atoms with van der Waals surface area (Å²) >= 11 is 0. The molecule has 3 aromatic rings. The van der Waals surface area contributed by atoms with Crippen LogP contribution in [0.5, 0.6) is 0 Å². The number of anilines is 2. The summed E-state index contributed by atoms with van der Waals surface area (Å²) in [4.78, 5) is 20.8. The van der Waals surface area contributed by atoms with Crippen LogP contribution in [0.3, 0.4) is 0 Å². The van der Waals surface area contributed by atoms with E-state index in [1.54, 1.807) is 0 Å². The fourth-order valence-corrected chi connectivity index (χ4v) is 6.21. The van der Waals surface area contributed by atoms with Crippen LogP contribution in [0.1, 0.15) is 31.2 Å². The highest BCUT2D eigenvalue weighted by Crippen LogP contribution is 2.43. The van der Waals surface area contributed by atoms with E-state index in [1.165, 1.54) is 27.7 Å². The van der Waals surface area contributed by atoms with Gasteiger partial charge in [-0.1, -0.05) is 54.6 Å². The minimum absolute atomic E-state index is 0.172. The Hall–Kier alpha value is -3.05. The van der Waals surface area contributed by atoms with Gasteiger partial charge in [-0.05, 0) is 54.2 Å². The topological polar surface area (TPSA) is 38.8 Å². The van der Waals surface area contributed by atoms with Crippen molar-refractivity contribution in [3.8, 4) is 0 Å². The Balaban J connectivity index is 1.16. The summed E-state index contributed by atoms with van der Waals surface area (Å²) in [5.41, 5.74) is 3.51. The van der Waals surface area contributed by atoms with Crippen LogP contribution in [-0.2, 0) is 11.3 Å². The summed E-state index contributed by atoms with van der Waals surface area (Å²) in [6.45, 7) is 3.48. The van der Waals surface area contributed by atoms with Gasteiger partial charge in [-0.25, -0.2) is 0 Å². The van der Waals surface area contributed by atoms with Crippen molar-refractivity contribution in [1.82, 2.24) is 9.80 Å². The lowest BCUT2D eigenvalue weighted by atomic mass is 9.71. The van der Waals surface area contributed by atoms with Gasteiger partial charge < -0.3 is 15.1 Å². The third kappa shape index (κ3) is 3.46. The van der Waals surface area contributed by atoms with Crippen molar-refractivity contribution in [1.29, 1.82) is 0 Å². The van der Waals surface area contributed by atoms with Crippen LogP contribution in [-0.4, -0.2) is 48.7 Å². The first kappa shape index (κ1) is 20.5. The zero-order valence-corrected chi connectivity index (χ0v) is 19.3. The van der Waals surface area contributed by atoms with Gasteiger partial charge in [0.15, 0.2) is 6.29 Å². The molecule has 2 fully saturated rings.